The fourth-order valence-corrected chi connectivity index (χ4v) is 2.07. The molecular weight excluding hydrogens is 206 g/mol. The molecule has 0 spiro atoms. The Morgan fingerprint density at radius 1 is 1.62 bits per heavy atom. The van der Waals surface area contributed by atoms with Crippen LogP contribution < -0.4 is 5.32 Å². The average molecular weight is 225 g/mol. The van der Waals surface area contributed by atoms with Gasteiger partial charge in [0.25, 0.3) is 0 Å². The number of aromatic nitrogens is 2. The van der Waals surface area contributed by atoms with Crippen molar-refractivity contribution in [1.82, 2.24) is 15.5 Å². The van der Waals surface area contributed by atoms with Gasteiger partial charge in [-0.25, -0.2) is 0 Å². The summed E-state index contributed by atoms with van der Waals surface area (Å²) in [6.07, 6.45) is 3.34. The van der Waals surface area contributed by atoms with E-state index in [-0.39, 0.29) is 0 Å². The Balaban J connectivity index is 1.86. The van der Waals surface area contributed by atoms with Gasteiger partial charge in [-0.1, -0.05) is 5.16 Å². The Morgan fingerprint density at radius 3 is 3.19 bits per heavy atom. The summed E-state index contributed by atoms with van der Waals surface area (Å²) in [4.78, 5) is 4.28. The van der Waals surface area contributed by atoms with E-state index in [2.05, 4.69) is 15.5 Å². The topological polar surface area (TPSA) is 71.2 Å². The van der Waals surface area contributed by atoms with Gasteiger partial charge in [-0.3, -0.25) is 0 Å². The Kier molecular flexibility index (Phi) is 3.90. The summed E-state index contributed by atoms with van der Waals surface area (Å²) in [6, 6.07) is 0. The van der Waals surface area contributed by atoms with Gasteiger partial charge in [-0.15, -0.1) is 0 Å². The summed E-state index contributed by atoms with van der Waals surface area (Å²) >= 11 is 0. The van der Waals surface area contributed by atoms with Crippen molar-refractivity contribution in [2.45, 2.75) is 38.7 Å². The minimum atomic E-state index is -0.415. The first kappa shape index (κ1) is 11.5. The van der Waals surface area contributed by atoms with Crippen LogP contribution in [0.4, 0.5) is 0 Å². The third-order valence-electron chi connectivity index (χ3n) is 2.85. The lowest BCUT2D eigenvalue weighted by atomic mass is 9.96. The molecule has 90 valence electrons. The third-order valence-corrected chi connectivity index (χ3v) is 2.85. The highest BCUT2D eigenvalue weighted by molar-refractivity contribution is 4.90. The van der Waals surface area contributed by atoms with E-state index >= 15 is 0 Å². The zero-order valence-electron chi connectivity index (χ0n) is 9.65. The van der Waals surface area contributed by atoms with E-state index in [0.29, 0.717) is 24.1 Å². The summed E-state index contributed by atoms with van der Waals surface area (Å²) in [7, 11) is 0. The molecule has 1 aliphatic rings. The molecule has 2 unspecified atom stereocenters. The van der Waals surface area contributed by atoms with Crippen molar-refractivity contribution in [2.24, 2.45) is 5.92 Å². The number of hydrogen-bond acceptors (Lipinski definition) is 5. The number of nitrogens with one attached hydrogen (secondary N) is 1. The fourth-order valence-electron chi connectivity index (χ4n) is 2.07. The summed E-state index contributed by atoms with van der Waals surface area (Å²) in [5.41, 5.74) is 0. The Labute approximate surface area is 95.2 Å². The molecule has 1 saturated heterocycles. The van der Waals surface area contributed by atoms with Gasteiger partial charge in [0.2, 0.25) is 5.89 Å². The SMILES string of the molecule is CC(O)Cc1noc(CC2CCCNC2)n1. The predicted octanol–water partition coefficient (Wildman–Crippen LogP) is 0.535. The lowest BCUT2D eigenvalue weighted by Gasteiger charge is -2.20. The van der Waals surface area contributed by atoms with E-state index < -0.39 is 6.10 Å². The molecule has 1 fully saturated rings. The molecule has 0 bridgehead atoms. The zero-order valence-corrected chi connectivity index (χ0v) is 9.65. The molecule has 2 heterocycles. The van der Waals surface area contributed by atoms with Gasteiger partial charge in [0.15, 0.2) is 5.82 Å². The molecule has 2 rings (SSSR count). The molecule has 1 aliphatic heterocycles. The first-order chi connectivity index (χ1) is 7.74. The quantitative estimate of drug-likeness (QED) is 0.782. The van der Waals surface area contributed by atoms with Crippen LogP contribution in [0.3, 0.4) is 0 Å². The Bertz CT molecular complexity index is 319. The molecule has 1 aromatic heterocycles. The van der Waals surface area contributed by atoms with Crippen molar-refractivity contribution in [1.29, 1.82) is 0 Å². The highest BCUT2D eigenvalue weighted by Gasteiger charge is 2.17. The van der Waals surface area contributed by atoms with Crippen LogP contribution in [0.15, 0.2) is 4.52 Å². The molecule has 2 atom stereocenters. The maximum absolute atomic E-state index is 9.20. The molecule has 0 saturated carbocycles. The molecule has 16 heavy (non-hydrogen) atoms. The molecule has 0 amide bonds. The highest BCUT2D eigenvalue weighted by Crippen LogP contribution is 2.15. The lowest BCUT2D eigenvalue weighted by molar-refractivity contribution is 0.191. The second kappa shape index (κ2) is 5.41. The normalized spacial score (nSPS) is 23.2. The number of nitrogens with zero attached hydrogens (tertiary/aromatic N) is 2. The van der Waals surface area contributed by atoms with Gasteiger partial charge in [0, 0.05) is 12.8 Å². The second-order valence-electron chi connectivity index (χ2n) is 4.57. The number of aliphatic hydroxyl groups excluding tert-OH is 1. The van der Waals surface area contributed by atoms with E-state index in [4.69, 9.17) is 4.52 Å². The number of rotatable bonds is 4. The van der Waals surface area contributed by atoms with Crippen LogP contribution in [0.25, 0.3) is 0 Å². The van der Waals surface area contributed by atoms with E-state index in [1.165, 1.54) is 12.8 Å². The van der Waals surface area contributed by atoms with Crippen molar-refractivity contribution in [3.8, 4) is 0 Å². The number of hydrogen-bond donors (Lipinski definition) is 2. The molecular formula is C11H19N3O2. The summed E-state index contributed by atoms with van der Waals surface area (Å²) in [5, 5.41) is 16.4. The van der Waals surface area contributed by atoms with Gasteiger partial charge in [-0.2, -0.15) is 4.98 Å². The van der Waals surface area contributed by atoms with Crippen LogP contribution >= 0.6 is 0 Å². The van der Waals surface area contributed by atoms with Gasteiger partial charge in [-0.05, 0) is 38.8 Å². The van der Waals surface area contributed by atoms with Crippen molar-refractivity contribution in [2.75, 3.05) is 13.1 Å². The molecule has 0 aliphatic carbocycles. The molecule has 1 aromatic rings. The minimum absolute atomic E-state index is 0.415. The fraction of sp³-hybridized carbons (Fsp3) is 0.818. The zero-order chi connectivity index (χ0) is 11.4. The van der Waals surface area contributed by atoms with E-state index in [9.17, 15) is 5.11 Å². The first-order valence-corrected chi connectivity index (χ1v) is 5.94. The molecule has 2 N–H and O–H groups in total. The van der Waals surface area contributed by atoms with Gasteiger partial charge in [0.1, 0.15) is 0 Å². The summed E-state index contributed by atoms with van der Waals surface area (Å²) in [5.74, 6) is 1.91. The Morgan fingerprint density at radius 2 is 2.50 bits per heavy atom. The van der Waals surface area contributed by atoms with Gasteiger partial charge in [0.05, 0.1) is 6.10 Å². The monoisotopic (exact) mass is 225 g/mol. The summed E-state index contributed by atoms with van der Waals surface area (Å²) in [6.45, 7) is 3.88. The predicted molar refractivity (Wildman–Crippen MR) is 59.0 cm³/mol. The van der Waals surface area contributed by atoms with Crippen LogP contribution in [0.2, 0.25) is 0 Å². The third kappa shape index (κ3) is 3.28. The summed E-state index contributed by atoms with van der Waals surface area (Å²) < 4.78 is 5.17. The van der Waals surface area contributed by atoms with Crippen LogP contribution in [-0.2, 0) is 12.8 Å². The second-order valence-corrected chi connectivity index (χ2v) is 4.57. The van der Waals surface area contributed by atoms with Gasteiger partial charge >= 0.3 is 0 Å². The van der Waals surface area contributed by atoms with E-state index in [0.717, 1.165) is 19.5 Å². The van der Waals surface area contributed by atoms with Crippen LogP contribution in [0.1, 0.15) is 31.5 Å². The van der Waals surface area contributed by atoms with Crippen molar-refractivity contribution < 1.29 is 9.63 Å². The van der Waals surface area contributed by atoms with Crippen molar-refractivity contribution >= 4 is 0 Å². The standard InChI is InChI=1S/C11H19N3O2/c1-8(15)5-10-13-11(16-14-10)6-9-3-2-4-12-7-9/h8-9,12,15H,2-7H2,1H3. The number of piperidine rings is 1. The highest BCUT2D eigenvalue weighted by atomic mass is 16.5. The van der Waals surface area contributed by atoms with Crippen LogP contribution in [0, 0.1) is 5.92 Å². The average Bonchev–Trinajstić information content (AvgIpc) is 2.66. The number of aliphatic hydroxyl groups is 1. The van der Waals surface area contributed by atoms with E-state index in [1.54, 1.807) is 6.92 Å². The molecule has 0 radical (unpaired) electrons. The van der Waals surface area contributed by atoms with Crippen LogP contribution in [-0.4, -0.2) is 34.4 Å². The Hall–Kier alpha value is -0.940. The first-order valence-electron chi connectivity index (χ1n) is 5.94. The van der Waals surface area contributed by atoms with Crippen molar-refractivity contribution in [3.05, 3.63) is 11.7 Å². The maximum Gasteiger partial charge on any atom is 0.226 e. The largest absolute Gasteiger partial charge is 0.393 e. The lowest BCUT2D eigenvalue weighted by Crippen LogP contribution is -2.30. The smallest absolute Gasteiger partial charge is 0.226 e. The molecule has 0 aromatic carbocycles. The molecule has 5 heteroatoms. The minimum Gasteiger partial charge on any atom is -0.393 e. The van der Waals surface area contributed by atoms with E-state index in [1.807, 2.05) is 0 Å². The molecule has 5 nitrogen and oxygen atoms in total. The maximum atomic E-state index is 9.20. The van der Waals surface area contributed by atoms with Crippen molar-refractivity contribution in [3.63, 3.8) is 0 Å². The van der Waals surface area contributed by atoms with Gasteiger partial charge < -0.3 is 14.9 Å². The van der Waals surface area contributed by atoms with Crippen LogP contribution in [0.5, 0.6) is 0 Å².